The molecule has 2 atom stereocenters. The van der Waals surface area contributed by atoms with E-state index in [2.05, 4.69) is 25.9 Å². The summed E-state index contributed by atoms with van der Waals surface area (Å²) < 4.78 is 5.74. The number of ether oxygens (including phenoxy) is 1. The average Bonchev–Trinajstić information content (AvgIpc) is 2.62. The SMILES string of the molecule is CCCCCCC(=C[N+]([O-])=NC(C)C(C)O)c1ccc(OCC(C)C)cc1. The number of nitrogens with zero attached hydrogens (tertiary/aromatic N) is 2. The Morgan fingerprint density at radius 3 is 2.37 bits per heavy atom. The van der Waals surface area contributed by atoms with Crippen molar-refractivity contribution in [1.82, 2.24) is 0 Å². The topological polar surface area (TPSA) is 67.9 Å². The Morgan fingerprint density at radius 1 is 1.15 bits per heavy atom. The smallest absolute Gasteiger partial charge is 0.213 e. The summed E-state index contributed by atoms with van der Waals surface area (Å²) in [4.78, 5) is 0.593. The molecule has 0 fully saturated rings. The highest BCUT2D eigenvalue weighted by Gasteiger charge is 2.12. The maximum atomic E-state index is 12.2. The largest absolute Gasteiger partial charge is 0.595 e. The summed E-state index contributed by atoms with van der Waals surface area (Å²) in [6.07, 6.45) is 6.25. The van der Waals surface area contributed by atoms with E-state index in [4.69, 9.17) is 4.74 Å². The Hall–Kier alpha value is -1.88. The first-order valence-electron chi connectivity index (χ1n) is 10.1. The molecular weight excluding hydrogens is 340 g/mol. The maximum Gasteiger partial charge on any atom is 0.213 e. The molecule has 0 bridgehead atoms. The number of hydrogen-bond donors (Lipinski definition) is 1. The van der Waals surface area contributed by atoms with Gasteiger partial charge in [-0.3, -0.25) is 0 Å². The van der Waals surface area contributed by atoms with E-state index in [1.807, 2.05) is 24.3 Å². The van der Waals surface area contributed by atoms with Gasteiger partial charge in [0.1, 0.15) is 11.8 Å². The van der Waals surface area contributed by atoms with Gasteiger partial charge in [0.2, 0.25) is 6.20 Å². The Morgan fingerprint density at radius 2 is 1.81 bits per heavy atom. The molecule has 1 aromatic rings. The van der Waals surface area contributed by atoms with E-state index in [-0.39, 0.29) is 0 Å². The van der Waals surface area contributed by atoms with Crippen LogP contribution in [0, 0.1) is 11.1 Å². The van der Waals surface area contributed by atoms with E-state index in [9.17, 15) is 10.3 Å². The van der Waals surface area contributed by atoms with Crippen LogP contribution in [-0.4, -0.2) is 28.7 Å². The van der Waals surface area contributed by atoms with Crippen LogP contribution in [0.3, 0.4) is 0 Å². The predicted molar refractivity (Wildman–Crippen MR) is 111 cm³/mol. The molecule has 0 aliphatic rings. The number of rotatable bonds is 12. The molecule has 0 aliphatic carbocycles. The van der Waals surface area contributed by atoms with Crippen LogP contribution in [0.25, 0.3) is 5.57 Å². The molecule has 5 heteroatoms. The fraction of sp³-hybridized carbons (Fsp3) is 0.636. The molecule has 5 nitrogen and oxygen atoms in total. The zero-order valence-electron chi connectivity index (χ0n) is 17.5. The van der Waals surface area contributed by atoms with Gasteiger partial charge in [0.25, 0.3) is 0 Å². The van der Waals surface area contributed by atoms with Crippen LogP contribution in [0.4, 0.5) is 0 Å². The zero-order valence-corrected chi connectivity index (χ0v) is 17.5. The molecule has 0 saturated heterocycles. The molecule has 2 unspecified atom stereocenters. The van der Waals surface area contributed by atoms with Gasteiger partial charge in [-0.05, 0) is 55.4 Å². The third kappa shape index (κ3) is 9.57. The van der Waals surface area contributed by atoms with Crippen molar-refractivity contribution in [3.8, 4) is 5.75 Å². The van der Waals surface area contributed by atoms with Crippen LogP contribution < -0.4 is 4.74 Å². The highest BCUT2D eigenvalue weighted by Crippen LogP contribution is 2.24. The highest BCUT2D eigenvalue weighted by atomic mass is 16.5. The van der Waals surface area contributed by atoms with Crippen molar-refractivity contribution in [2.75, 3.05) is 6.61 Å². The Balaban J connectivity index is 2.94. The summed E-state index contributed by atoms with van der Waals surface area (Å²) in [6, 6.07) is 7.44. The van der Waals surface area contributed by atoms with Crippen LogP contribution in [0.15, 0.2) is 35.6 Å². The molecule has 0 heterocycles. The standard InChI is InChI=1S/C22H36N2O3/c1-6-7-8-9-10-21(15-24(26)23-18(4)19(5)25)20-11-13-22(14-12-20)27-16-17(2)3/h11-15,17-19,25H,6-10,16H2,1-5H3. The highest BCUT2D eigenvalue weighted by molar-refractivity contribution is 5.65. The van der Waals surface area contributed by atoms with E-state index < -0.39 is 12.1 Å². The quantitative estimate of drug-likeness (QED) is 0.218. The number of hydrogen-bond acceptors (Lipinski definition) is 4. The second kappa shape index (κ2) is 12.5. The molecule has 1 aromatic carbocycles. The average molecular weight is 377 g/mol. The summed E-state index contributed by atoms with van der Waals surface area (Å²) in [7, 11) is 0. The summed E-state index contributed by atoms with van der Waals surface area (Å²) in [5.41, 5.74) is 1.96. The van der Waals surface area contributed by atoms with E-state index >= 15 is 0 Å². The lowest BCUT2D eigenvalue weighted by atomic mass is 10.00. The molecule has 27 heavy (non-hydrogen) atoms. The second-order valence-electron chi connectivity index (χ2n) is 7.59. The minimum absolute atomic E-state index is 0.438. The Bertz CT molecular complexity index is 592. The van der Waals surface area contributed by atoms with Crippen molar-refractivity contribution in [1.29, 1.82) is 0 Å². The number of aliphatic hydroxyl groups excluding tert-OH is 1. The first kappa shape index (κ1) is 23.2. The third-order valence-corrected chi connectivity index (χ3v) is 4.37. The monoisotopic (exact) mass is 376 g/mol. The van der Waals surface area contributed by atoms with Crippen molar-refractivity contribution in [3.63, 3.8) is 0 Å². The molecule has 0 amide bonds. The zero-order chi connectivity index (χ0) is 20.2. The number of allylic oxidation sites excluding steroid dienone is 1. The molecule has 0 radical (unpaired) electrons. The lowest BCUT2D eigenvalue weighted by Crippen LogP contribution is -2.18. The van der Waals surface area contributed by atoms with Gasteiger partial charge in [0, 0.05) is 5.57 Å². The van der Waals surface area contributed by atoms with Gasteiger partial charge in [-0.25, -0.2) is 0 Å². The fourth-order valence-electron chi connectivity index (χ4n) is 2.50. The number of unbranched alkanes of at least 4 members (excludes halogenated alkanes) is 3. The first-order chi connectivity index (χ1) is 12.8. The van der Waals surface area contributed by atoms with Gasteiger partial charge in [-0.15, -0.1) is 0 Å². The van der Waals surface area contributed by atoms with Crippen LogP contribution >= 0.6 is 0 Å². The maximum absolute atomic E-state index is 12.2. The summed E-state index contributed by atoms with van der Waals surface area (Å²) in [6.45, 7) is 10.5. The number of azo groups is 1. The van der Waals surface area contributed by atoms with Gasteiger partial charge in [0.15, 0.2) is 0 Å². The van der Waals surface area contributed by atoms with Crippen molar-refractivity contribution in [2.45, 2.75) is 78.9 Å². The molecular formula is C22H36N2O3. The van der Waals surface area contributed by atoms with E-state index in [0.29, 0.717) is 17.4 Å². The minimum atomic E-state index is -0.653. The molecule has 1 N–H and O–H groups in total. The molecule has 1 rings (SSSR count). The Kier molecular flexibility index (Phi) is 10.7. The van der Waals surface area contributed by atoms with Gasteiger partial charge in [-0.1, -0.05) is 57.0 Å². The van der Waals surface area contributed by atoms with E-state index in [0.717, 1.165) is 36.1 Å². The van der Waals surface area contributed by atoms with Crippen molar-refractivity contribution < 1.29 is 14.7 Å². The third-order valence-electron chi connectivity index (χ3n) is 4.37. The molecule has 0 spiro atoms. The molecule has 0 saturated carbocycles. The van der Waals surface area contributed by atoms with Gasteiger partial charge >= 0.3 is 0 Å². The van der Waals surface area contributed by atoms with E-state index in [1.54, 1.807) is 13.8 Å². The Labute approximate surface area is 164 Å². The van der Waals surface area contributed by atoms with Crippen molar-refractivity contribution >= 4 is 5.57 Å². The fourth-order valence-corrected chi connectivity index (χ4v) is 2.50. The van der Waals surface area contributed by atoms with Crippen LogP contribution in [-0.2, 0) is 0 Å². The van der Waals surface area contributed by atoms with Gasteiger partial charge < -0.3 is 15.1 Å². The number of aliphatic hydroxyl groups is 1. The minimum Gasteiger partial charge on any atom is -0.595 e. The van der Waals surface area contributed by atoms with Crippen molar-refractivity contribution in [3.05, 3.63) is 41.2 Å². The van der Waals surface area contributed by atoms with Crippen LogP contribution in [0.1, 0.15) is 72.3 Å². The summed E-state index contributed by atoms with van der Waals surface area (Å²) >= 11 is 0. The van der Waals surface area contributed by atoms with Gasteiger partial charge in [0.05, 0.1) is 12.7 Å². The number of hydroxylamine groups is 1. The summed E-state index contributed by atoms with van der Waals surface area (Å²) in [5.74, 6) is 1.31. The lowest BCUT2D eigenvalue weighted by molar-refractivity contribution is -0.462. The van der Waals surface area contributed by atoms with Gasteiger partial charge in [-0.2, -0.15) is 0 Å². The molecule has 0 aromatic heterocycles. The first-order valence-corrected chi connectivity index (χ1v) is 10.1. The van der Waals surface area contributed by atoms with Crippen LogP contribution in [0.2, 0.25) is 0 Å². The van der Waals surface area contributed by atoms with Crippen molar-refractivity contribution in [2.24, 2.45) is 11.0 Å². The number of benzene rings is 1. The lowest BCUT2D eigenvalue weighted by Gasteiger charge is -2.11. The molecule has 0 aliphatic heterocycles. The summed E-state index contributed by atoms with van der Waals surface area (Å²) in [5, 5.41) is 25.7. The second-order valence-corrected chi connectivity index (χ2v) is 7.59. The predicted octanol–water partition coefficient (Wildman–Crippen LogP) is 5.76. The molecule has 152 valence electrons. The van der Waals surface area contributed by atoms with Crippen LogP contribution in [0.5, 0.6) is 5.75 Å². The van der Waals surface area contributed by atoms with E-state index in [1.165, 1.54) is 19.0 Å². The normalized spacial score (nSPS) is 15.1.